The lowest BCUT2D eigenvalue weighted by atomic mass is 10.2. The predicted molar refractivity (Wildman–Crippen MR) is 116 cm³/mol. The quantitative estimate of drug-likeness (QED) is 0.541. The molecule has 0 bridgehead atoms. The minimum Gasteiger partial charge on any atom is -0.487 e. The van der Waals surface area contributed by atoms with E-state index in [4.69, 9.17) is 16.3 Å². The van der Waals surface area contributed by atoms with Crippen LogP contribution in [0.2, 0.25) is 5.02 Å². The highest BCUT2D eigenvalue weighted by Crippen LogP contribution is 2.23. The number of hydrogen-bond acceptors (Lipinski definition) is 5. The van der Waals surface area contributed by atoms with Crippen LogP contribution in [0.1, 0.15) is 46.3 Å². The first-order valence-corrected chi connectivity index (χ1v) is 10.6. The Bertz CT molecular complexity index is 1140. The van der Waals surface area contributed by atoms with Crippen molar-refractivity contribution in [3.8, 4) is 11.4 Å². The zero-order valence-corrected chi connectivity index (χ0v) is 18.0. The summed E-state index contributed by atoms with van der Waals surface area (Å²) in [6.45, 7) is 2.28. The average Bonchev–Trinajstić information content (AvgIpc) is 3.50. The summed E-state index contributed by atoms with van der Waals surface area (Å²) in [6.07, 6.45) is 1.86. The van der Waals surface area contributed by atoms with Gasteiger partial charge in [-0.2, -0.15) is 0 Å². The van der Waals surface area contributed by atoms with E-state index in [2.05, 4.69) is 20.9 Å². The van der Waals surface area contributed by atoms with Gasteiger partial charge in [0.1, 0.15) is 23.9 Å². The number of carbonyl (C=O) groups is 2. The molecule has 1 saturated carbocycles. The molecule has 2 amide bonds. The monoisotopic (exact) mass is 457 g/mol. The molecule has 2 aromatic carbocycles. The molecule has 1 aliphatic carbocycles. The largest absolute Gasteiger partial charge is 0.487 e. The van der Waals surface area contributed by atoms with Gasteiger partial charge in [0.25, 0.3) is 11.8 Å². The van der Waals surface area contributed by atoms with Gasteiger partial charge < -0.3 is 15.4 Å². The van der Waals surface area contributed by atoms with E-state index in [1.807, 2.05) is 6.92 Å². The number of aromatic nitrogens is 3. The van der Waals surface area contributed by atoms with Crippen LogP contribution in [0.5, 0.6) is 5.75 Å². The number of carbonyl (C=O) groups excluding carboxylic acids is 2. The topological polar surface area (TPSA) is 98.1 Å². The Kier molecular flexibility index (Phi) is 6.36. The lowest BCUT2D eigenvalue weighted by Crippen LogP contribution is -2.27. The maximum Gasteiger partial charge on any atom is 0.274 e. The van der Waals surface area contributed by atoms with Crippen molar-refractivity contribution in [2.45, 2.75) is 32.4 Å². The van der Waals surface area contributed by atoms with Gasteiger partial charge in [0.05, 0.1) is 10.7 Å². The summed E-state index contributed by atoms with van der Waals surface area (Å²) < 4.78 is 20.9. The van der Waals surface area contributed by atoms with Gasteiger partial charge in [-0.1, -0.05) is 16.8 Å². The third kappa shape index (κ3) is 4.88. The molecule has 0 aliphatic heterocycles. The lowest BCUT2D eigenvalue weighted by Gasteiger charge is -2.11. The Labute approximate surface area is 188 Å². The van der Waals surface area contributed by atoms with Crippen LogP contribution < -0.4 is 15.4 Å². The second-order valence-corrected chi connectivity index (χ2v) is 7.72. The molecule has 0 atom stereocenters. The summed E-state index contributed by atoms with van der Waals surface area (Å²) in [5.74, 6) is -0.891. The molecule has 4 rings (SSSR count). The number of halogens is 2. The molecule has 1 heterocycles. The van der Waals surface area contributed by atoms with Crippen molar-refractivity contribution in [2.24, 2.45) is 0 Å². The summed E-state index contributed by atoms with van der Waals surface area (Å²) >= 11 is 5.73. The SMILES string of the molecule is CCNC(=O)c1ccc(-n2nnc(C(=O)NC3CC3)c2COc2ccc(Cl)c(F)c2)cc1. The van der Waals surface area contributed by atoms with Gasteiger partial charge in [0.15, 0.2) is 5.69 Å². The molecule has 1 aromatic heterocycles. The lowest BCUT2D eigenvalue weighted by molar-refractivity contribution is 0.0939. The third-order valence-corrected chi connectivity index (χ3v) is 5.18. The summed E-state index contributed by atoms with van der Waals surface area (Å²) in [5.41, 5.74) is 1.61. The van der Waals surface area contributed by atoms with E-state index in [0.29, 0.717) is 23.5 Å². The number of rotatable bonds is 8. The maximum absolute atomic E-state index is 13.8. The van der Waals surface area contributed by atoms with Crippen LogP contribution in [0.4, 0.5) is 4.39 Å². The van der Waals surface area contributed by atoms with E-state index in [1.165, 1.54) is 22.9 Å². The van der Waals surface area contributed by atoms with Crippen molar-refractivity contribution in [3.63, 3.8) is 0 Å². The number of hydrogen-bond donors (Lipinski definition) is 2. The van der Waals surface area contributed by atoms with Crippen molar-refractivity contribution in [1.82, 2.24) is 25.6 Å². The molecular weight excluding hydrogens is 437 g/mol. The molecule has 3 aromatic rings. The van der Waals surface area contributed by atoms with Gasteiger partial charge in [0, 0.05) is 24.2 Å². The maximum atomic E-state index is 13.8. The molecular formula is C22H21ClFN5O3. The fraction of sp³-hybridized carbons (Fsp3) is 0.273. The minimum atomic E-state index is -0.608. The summed E-state index contributed by atoms with van der Waals surface area (Å²) in [7, 11) is 0. The first-order chi connectivity index (χ1) is 15.5. The van der Waals surface area contributed by atoms with E-state index < -0.39 is 5.82 Å². The average molecular weight is 458 g/mol. The van der Waals surface area contributed by atoms with Gasteiger partial charge in [-0.3, -0.25) is 9.59 Å². The number of nitrogens with zero attached hydrogens (tertiary/aromatic N) is 3. The molecule has 0 saturated heterocycles. The highest BCUT2D eigenvalue weighted by Gasteiger charge is 2.28. The molecule has 0 radical (unpaired) electrons. The smallest absolute Gasteiger partial charge is 0.274 e. The molecule has 10 heteroatoms. The van der Waals surface area contributed by atoms with Crippen LogP contribution in [0, 0.1) is 5.82 Å². The Hall–Kier alpha value is -3.46. The number of ether oxygens (including phenoxy) is 1. The summed E-state index contributed by atoms with van der Waals surface area (Å²) in [4.78, 5) is 24.7. The fourth-order valence-electron chi connectivity index (χ4n) is 3.03. The Morgan fingerprint density at radius 1 is 1.19 bits per heavy atom. The van der Waals surface area contributed by atoms with Crippen LogP contribution in [0.25, 0.3) is 5.69 Å². The number of nitrogens with one attached hydrogen (secondary N) is 2. The van der Waals surface area contributed by atoms with Gasteiger partial charge in [-0.05, 0) is 56.2 Å². The Balaban J connectivity index is 1.62. The van der Waals surface area contributed by atoms with Crippen LogP contribution >= 0.6 is 11.6 Å². The van der Waals surface area contributed by atoms with E-state index in [1.54, 1.807) is 24.3 Å². The molecule has 8 nitrogen and oxygen atoms in total. The Morgan fingerprint density at radius 2 is 1.94 bits per heavy atom. The molecule has 1 fully saturated rings. The number of amides is 2. The first kappa shape index (κ1) is 21.8. The Morgan fingerprint density at radius 3 is 2.59 bits per heavy atom. The van der Waals surface area contributed by atoms with Crippen molar-refractivity contribution in [1.29, 1.82) is 0 Å². The first-order valence-electron chi connectivity index (χ1n) is 10.2. The summed E-state index contributed by atoms with van der Waals surface area (Å²) in [5, 5.41) is 13.8. The highest BCUT2D eigenvalue weighted by atomic mass is 35.5. The highest BCUT2D eigenvalue weighted by molar-refractivity contribution is 6.30. The van der Waals surface area contributed by atoms with Crippen molar-refractivity contribution in [3.05, 3.63) is 70.3 Å². The molecule has 1 aliphatic rings. The molecule has 0 spiro atoms. The van der Waals surface area contributed by atoms with Crippen molar-refractivity contribution in [2.75, 3.05) is 6.54 Å². The number of benzene rings is 2. The second kappa shape index (κ2) is 9.35. The second-order valence-electron chi connectivity index (χ2n) is 7.32. The molecule has 166 valence electrons. The van der Waals surface area contributed by atoms with E-state index in [0.717, 1.165) is 12.8 Å². The predicted octanol–water partition coefficient (Wildman–Crippen LogP) is 3.28. The molecule has 2 N–H and O–H groups in total. The van der Waals surface area contributed by atoms with Crippen LogP contribution in [-0.4, -0.2) is 39.4 Å². The normalized spacial score (nSPS) is 13.0. The van der Waals surface area contributed by atoms with E-state index in [9.17, 15) is 14.0 Å². The standard InChI is InChI=1S/C22H21ClFN5O3/c1-2-25-21(30)13-3-7-15(8-4-13)29-19(12-32-16-9-10-17(23)18(24)11-16)20(27-28-29)22(31)26-14-5-6-14/h3-4,7-11,14H,2,5-6,12H2,1H3,(H,25,30)(H,26,31). The zero-order valence-electron chi connectivity index (χ0n) is 17.3. The minimum absolute atomic E-state index is 0.0132. The van der Waals surface area contributed by atoms with Gasteiger partial charge >= 0.3 is 0 Å². The van der Waals surface area contributed by atoms with Crippen molar-refractivity contribution < 1.29 is 18.7 Å². The molecule has 32 heavy (non-hydrogen) atoms. The fourth-order valence-corrected chi connectivity index (χ4v) is 3.15. The van der Waals surface area contributed by atoms with E-state index >= 15 is 0 Å². The van der Waals surface area contributed by atoms with Gasteiger partial charge in [-0.15, -0.1) is 5.10 Å². The van der Waals surface area contributed by atoms with Gasteiger partial charge in [0.2, 0.25) is 0 Å². The van der Waals surface area contributed by atoms with E-state index in [-0.39, 0.29) is 40.9 Å². The van der Waals surface area contributed by atoms with Crippen LogP contribution in [-0.2, 0) is 6.61 Å². The van der Waals surface area contributed by atoms with Crippen molar-refractivity contribution >= 4 is 23.4 Å². The summed E-state index contributed by atoms with van der Waals surface area (Å²) in [6, 6.07) is 11.0. The van der Waals surface area contributed by atoms with Crippen LogP contribution in [0.3, 0.4) is 0 Å². The third-order valence-electron chi connectivity index (χ3n) is 4.87. The van der Waals surface area contributed by atoms with Crippen LogP contribution in [0.15, 0.2) is 42.5 Å². The zero-order chi connectivity index (χ0) is 22.7. The molecule has 0 unspecified atom stereocenters. The van der Waals surface area contributed by atoms with Gasteiger partial charge in [-0.25, -0.2) is 9.07 Å².